The van der Waals surface area contributed by atoms with Gasteiger partial charge < -0.3 is 10.3 Å². The van der Waals surface area contributed by atoms with Gasteiger partial charge in [0.25, 0.3) is 5.91 Å². The van der Waals surface area contributed by atoms with Crippen LogP contribution >= 0.6 is 11.3 Å². The Labute approximate surface area is 125 Å². The number of carbonyl (C=O) groups excluding carboxylic acids is 2. The molecule has 0 saturated heterocycles. The number of fused-ring (bicyclic) bond motifs is 1. The highest BCUT2D eigenvalue weighted by Gasteiger charge is 2.12. The summed E-state index contributed by atoms with van der Waals surface area (Å²) < 4.78 is 0. The van der Waals surface area contributed by atoms with Crippen molar-refractivity contribution < 1.29 is 9.59 Å². The Morgan fingerprint density at radius 1 is 1.10 bits per heavy atom. The van der Waals surface area contributed by atoms with Gasteiger partial charge in [-0.2, -0.15) is 0 Å². The number of Topliss-reactive ketones (excluding diaryl/α,β-unsaturated/α-hetero) is 1. The first kappa shape index (κ1) is 13.6. The van der Waals surface area contributed by atoms with Crippen LogP contribution in [0.1, 0.15) is 32.0 Å². The van der Waals surface area contributed by atoms with Gasteiger partial charge in [-0.25, -0.2) is 0 Å². The van der Waals surface area contributed by atoms with Crippen LogP contribution in [0.5, 0.6) is 0 Å². The molecule has 2 heterocycles. The van der Waals surface area contributed by atoms with Crippen LogP contribution in [0.25, 0.3) is 10.9 Å². The molecule has 0 unspecified atom stereocenters. The number of H-pyrrole nitrogens is 1. The number of thiophene rings is 1. The van der Waals surface area contributed by atoms with Crippen molar-refractivity contribution in [2.24, 2.45) is 0 Å². The van der Waals surface area contributed by atoms with E-state index in [0.29, 0.717) is 9.75 Å². The summed E-state index contributed by atoms with van der Waals surface area (Å²) in [5.41, 5.74) is 2.86. The lowest BCUT2D eigenvalue weighted by Gasteiger charge is -2.03. The first-order valence-electron chi connectivity index (χ1n) is 6.54. The molecule has 0 bridgehead atoms. The van der Waals surface area contributed by atoms with Gasteiger partial charge in [-0.1, -0.05) is 0 Å². The van der Waals surface area contributed by atoms with Crippen molar-refractivity contribution in [1.29, 1.82) is 0 Å². The molecule has 2 N–H and O–H groups in total. The number of aromatic amines is 1. The Bertz CT molecular complexity index is 845. The lowest BCUT2D eigenvalue weighted by Crippen LogP contribution is -2.09. The normalized spacial score (nSPS) is 10.8. The molecule has 0 spiro atoms. The van der Waals surface area contributed by atoms with Crippen molar-refractivity contribution in [2.75, 3.05) is 5.32 Å². The molecule has 106 valence electrons. The van der Waals surface area contributed by atoms with Gasteiger partial charge >= 0.3 is 0 Å². The third kappa shape index (κ3) is 2.73. The highest BCUT2D eigenvalue weighted by atomic mass is 32.1. The van der Waals surface area contributed by atoms with Gasteiger partial charge in [-0.3, -0.25) is 9.59 Å². The number of ketones is 1. The van der Waals surface area contributed by atoms with Crippen molar-refractivity contribution in [3.8, 4) is 0 Å². The summed E-state index contributed by atoms with van der Waals surface area (Å²) in [5.74, 6) is -0.220. The number of nitrogens with one attached hydrogen (secondary N) is 2. The molecule has 0 saturated carbocycles. The molecule has 0 aliphatic carbocycles. The molecule has 21 heavy (non-hydrogen) atoms. The van der Waals surface area contributed by atoms with E-state index in [0.717, 1.165) is 22.3 Å². The summed E-state index contributed by atoms with van der Waals surface area (Å²) in [6.45, 7) is 3.49. The monoisotopic (exact) mass is 298 g/mol. The van der Waals surface area contributed by atoms with Gasteiger partial charge in [-0.15, -0.1) is 11.3 Å². The maximum Gasteiger partial charge on any atom is 0.265 e. The van der Waals surface area contributed by atoms with Crippen LogP contribution in [0.15, 0.2) is 36.4 Å². The summed E-state index contributed by atoms with van der Waals surface area (Å²) in [5, 5.41) is 3.91. The van der Waals surface area contributed by atoms with Crippen LogP contribution in [0.4, 0.5) is 5.69 Å². The first-order valence-corrected chi connectivity index (χ1v) is 7.36. The van der Waals surface area contributed by atoms with Gasteiger partial charge in [-0.05, 0) is 50.2 Å². The van der Waals surface area contributed by atoms with Gasteiger partial charge in [0.2, 0.25) is 0 Å². The van der Waals surface area contributed by atoms with Crippen LogP contribution < -0.4 is 5.32 Å². The van der Waals surface area contributed by atoms with E-state index in [-0.39, 0.29) is 11.7 Å². The molecular weight excluding hydrogens is 284 g/mol. The molecular formula is C16H14N2O2S. The predicted octanol–water partition coefficient (Wildman–Crippen LogP) is 3.99. The Morgan fingerprint density at radius 3 is 2.57 bits per heavy atom. The van der Waals surface area contributed by atoms with Crippen molar-refractivity contribution in [3.05, 3.63) is 51.8 Å². The minimum absolute atomic E-state index is 0.0248. The van der Waals surface area contributed by atoms with Crippen LogP contribution in [0.2, 0.25) is 0 Å². The standard InChI is InChI=1S/C16H14N2O2S/c1-9-7-11-8-12(3-4-13(11)17-9)18-16(20)15-6-5-14(21-15)10(2)19/h3-8,17H,1-2H3,(H,18,20). The number of anilines is 1. The summed E-state index contributed by atoms with van der Waals surface area (Å²) in [6.07, 6.45) is 0. The molecule has 0 aliphatic rings. The molecule has 0 atom stereocenters. The number of benzene rings is 1. The van der Waals surface area contributed by atoms with Crippen molar-refractivity contribution >= 4 is 39.6 Å². The lowest BCUT2D eigenvalue weighted by molar-refractivity contribution is 0.101. The summed E-state index contributed by atoms with van der Waals surface area (Å²) in [6, 6.07) is 11.1. The van der Waals surface area contributed by atoms with E-state index in [1.54, 1.807) is 12.1 Å². The fourth-order valence-electron chi connectivity index (χ4n) is 2.20. The summed E-state index contributed by atoms with van der Waals surface area (Å²) in [4.78, 5) is 27.8. The zero-order valence-electron chi connectivity index (χ0n) is 11.7. The zero-order chi connectivity index (χ0) is 15.0. The van der Waals surface area contributed by atoms with E-state index in [1.165, 1.54) is 18.3 Å². The molecule has 2 aromatic heterocycles. The second-order valence-electron chi connectivity index (χ2n) is 4.93. The third-order valence-corrected chi connectivity index (χ3v) is 4.37. The molecule has 0 fully saturated rings. The van der Waals surface area contributed by atoms with Crippen LogP contribution in [0.3, 0.4) is 0 Å². The molecule has 1 amide bonds. The molecule has 3 rings (SSSR count). The van der Waals surface area contributed by atoms with Gasteiger partial charge in [0, 0.05) is 22.3 Å². The van der Waals surface area contributed by atoms with E-state index >= 15 is 0 Å². The minimum atomic E-state index is -0.195. The van der Waals surface area contributed by atoms with E-state index in [9.17, 15) is 9.59 Å². The molecule has 1 aromatic carbocycles. The number of amides is 1. The maximum atomic E-state index is 12.2. The van der Waals surface area contributed by atoms with Gasteiger partial charge in [0.15, 0.2) is 5.78 Å². The van der Waals surface area contributed by atoms with Crippen LogP contribution in [-0.2, 0) is 0 Å². The third-order valence-electron chi connectivity index (χ3n) is 3.19. The minimum Gasteiger partial charge on any atom is -0.359 e. The van der Waals surface area contributed by atoms with Crippen molar-refractivity contribution in [3.63, 3.8) is 0 Å². The average Bonchev–Trinajstić information content (AvgIpc) is 3.03. The number of rotatable bonds is 3. The quantitative estimate of drug-likeness (QED) is 0.718. The highest BCUT2D eigenvalue weighted by Crippen LogP contribution is 2.22. The lowest BCUT2D eigenvalue weighted by atomic mass is 10.2. The van der Waals surface area contributed by atoms with Crippen LogP contribution in [-0.4, -0.2) is 16.7 Å². The SMILES string of the molecule is CC(=O)c1ccc(C(=O)Nc2ccc3[nH]c(C)cc3c2)s1. The second-order valence-corrected chi connectivity index (χ2v) is 6.01. The molecule has 0 radical (unpaired) electrons. The van der Waals surface area contributed by atoms with Crippen LogP contribution in [0, 0.1) is 6.92 Å². The molecule has 0 aliphatic heterocycles. The van der Waals surface area contributed by atoms with Gasteiger partial charge in [0.05, 0.1) is 9.75 Å². The molecule has 3 aromatic rings. The fraction of sp³-hybridized carbons (Fsp3) is 0.125. The Hall–Kier alpha value is -2.40. The summed E-state index contributed by atoms with van der Waals surface area (Å²) >= 11 is 1.21. The number of hydrogen-bond acceptors (Lipinski definition) is 3. The van der Waals surface area contributed by atoms with E-state index in [1.807, 2.05) is 31.2 Å². The molecule has 5 heteroatoms. The second kappa shape index (κ2) is 5.18. The largest absolute Gasteiger partial charge is 0.359 e. The Morgan fingerprint density at radius 2 is 1.86 bits per heavy atom. The Balaban J connectivity index is 1.83. The maximum absolute atomic E-state index is 12.2. The fourth-order valence-corrected chi connectivity index (χ4v) is 2.99. The Kier molecular flexibility index (Phi) is 3.35. The van der Waals surface area contributed by atoms with Crippen molar-refractivity contribution in [2.45, 2.75) is 13.8 Å². The van der Waals surface area contributed by atoms with Gasteiger partial charge in [0.1, 0.15) is 0 Å². The van der Waals surface area contributed by atoms with Crippen molar-refractivity contribution in [1.82, 2.24) is 4.98 Å². The smallest absolute Gasteiger partial charge is 0.265 e. The summed E-state index contributed by atoms with van der Waals surface area (Å²) in [7, 11) is 0. The number of carbonyl (C=O) groups is 2. The highest BCUT2D eigenvalue weighted by molar-refractivity contribution is 7.16. The van der Waals surface area contributed by atoms with E-state index in [2.05, 4.69) is 10.3 Å². The van der Waals surface area contributed by atoms with E-state index in [4.69, 9.17) is 0 Å². The number of aryl methyl sites for hydroxylation is 1. The first-order chi connectivity index (χ1) is 10.0. The zero-order valence-corrected chi connectivity index (χ0v) is 12.5. The average molecular weight is 298 g/mol. The molecule has 4 nitrogen and oxygen atoms in total. The number of aromatic nitrogens is 1. The predicted molar refractivity (Wildman–Crippen MR) is 85.3 cm³/mol. The number of hydrogen-bond donors (Lipinski definition) is 2. The van der Waals surface area contributed by atoms with E-state index < -0.39 is 0 Å². The topological polar surface area (TPSA) is 62.0 Å².